The van der Waals surface area contributed by atoms with Crippen LogP contribution < -0.4 is 5.32 Å². The minimum atomic E-state index is 0.795. The van der Waals surface area contributed by atoms with Crippen molar-refractivity contribution in [3.63, 3.8) is 0 Å². The molecule has 2 fully saturated rings. The highest BCUT2D eigenvalue weighted by Crippen LogP contribution is 2.27. The maximum atomic E-state index is 3.94. The van der Waals surface area contributed by atoms with Gasteiger partial charge in [-0.15, -0.1) is 0 Å². The Kier molecular flexibility index (Phi) is 6.33. The molecular formula is C15H30N2S. The number of hydrogen-bond acceptors (Lipinski definition) is 3. The highest BCUT2D eigenvalue weighted by Gasteiger charge is 2.25. The van der Waals surface area contributed by atoms with Gasteiger partial charge in [0.1, 0.15) is 0 Å². The van der Waals surface area contributed by atoms with Crippen molar-refractivity contribution in [2.45, 2.75) is 69.2 Å². The summed E-state index contributed by atoms with van der Waals surface area (Å²) in [6.45, 7) is 6.20. The maximum absolute atomic E-state index is 3.94. The number of thioether (sulfide) groups is 1. The molecule has 2 atom stereocenters. The number of rotatable bonds is 5. The molecule has 2 rings (SSSR count). The third kappa shape index (κ3) is 4.43. The van der Waals surface area contributed by atoms with E-state index in [1.165, 1.54) is 64.6 Å². The number of nitrogens with zero attached hydrogens (tertiary/aromatic N) is 1. The average molecular weight is 270 g/mol. The number of nitrogens with one attached hydrogen (secondary N) is 1. The van der Waals surface area contributed by atoms with E-state index in [2.05, 4.69) is 35.2 Å². The number of likely N-dealkylation sites (tertiary alicyclic amines) is 1. The smallest absolute Gasteiger partial charge is 0.00940 e. The molecule has 0 bridgehead atoms. The monoisotopic (exact) mass is 270 g/mol. The van der Waals surface area contributed by atoms with Crippen molar-refractivity contribution in [1.82, 2.24) is 10.2 Å². The Morgan fingerprint density at radius 3 is 2.56 bits per heavy atom. The third-order valence-electron chi connectivity index (χ3n) is 4.56. The van der Waals surface area contributed by atoms with Crippen molar-refractivity contribution in [2.75, 3.05) is 25.9 Å². The lowest BCUT2D eigenvalue weighted by Gasteiger charge is -2.36. The van der Waals surface area contributed by atoms with E-state index in [0.29, 0.717) is 0 Å². The van der Waals surface area contributed by atoms with Gasteiger partial charge in [0.15, 0.2) is 0 Å². The Morgan fingerprint density at radius 1 is 1.11 bits per heavy atom. The Hall–Kier alpha value is 0.270. The van der Waals surface area contributed by atoms with Gasteiger partial charge in [-0.3, -0.25) is 0 Å². The lowest BCUT2D eigenvalue weighted by atomic mass is 9.93. The second-order valence-electron chi connectivity index (χ2n) is 6.00. The minimum absolute atomic E-state index is 0.795. The molecule has 3 heteroatoms. The van der Waals surface area contributed by atoms with E-state index in [9.17, 15) is 0 Å². The molecule has 1 aliphatic carbocycles. The van der Waals surface area contributed by atoms with Crippen LogP contribution in [0, 0.1) is 0 Å². The van der Waals surface area contributed by atoms with Crippen LogP contribution in [0.2, 0.25) is 0 Å². The number of piperidine rings is 1. The molecule has 1 heterocycles. The zero-order valence-electron chi connectivity index (χ0n) is 12.2. The van der Waals surface area contributed by atoms with Crippen LogP contribution in [0.4, 0.5) is 0 Å². The van der Waals surface area contributed by atoms with Gasteiger partial charge in [0, 0.05) is 17.3 Å². The molecular weight excluding hydrogens is 240 g/mol. The molecule has 106 valence electrons. The second kappa shape index (κ2) is 7.76. The fourth-order valence-corrected chi connectivity index (χ4v) is 4.31. The average Bonchev–Trinajstić information content (AvgIpc) is 2.42. The summed E-state index contributed by atoms with van der Waals surface area (Å²) in [4.78, 5) is 2.63. The molecule has 0 aromatic carbocycles. The molecule has 1 aliphatic heterocycles. The van der Waals surface area contributed by atoms with Crippen molar-refractivity contribution in [3.8, 4) is 0 Å². The first-order valence-corrected chi connectivity index (χ1v) is 9.11. The zero-order valence-corrected chi connectivity index (χ0v) is 13.0. The Labute approximate surface area is 117 Å². The minimum Gasteiger partial charge on any atom is -0.311 e. The van der Waals surface area contributed by atoms with Gasteiger partial charge < -0.3 is 10.2 Å². The van der Waals surface area contributed by atoms with Crippen LogP contribution in [-0.4, -0.2) is 48.1 Å². The first-order valence-electron chi connectivity index (χ1n) is 7.83. The van der Waals surface area contributed by atoms with Crippen molar-refractivity contribution in [1.29, 1.82) is 0 Å². The van der Waals surface area contributed by atoms with Gasteiger partial charge in [0.05, 0.1) is 0 Å². The first-order chi connectivity index (χ1) is 8.81. The van der Waals surface area contributed by atoms with Gasteiger partial charge in [0.2, 0.25) is 0 Å². The summed E-state index contributed by atoms with van der Waals surface area (Å²) in [7, 11) is 0. The molecule has 2 unspecified atom stereocenters. The van der Waals surface area contributed by atoms with Gasteiger partial charge >= 0.3 is 0 Å². The Morgan fingerprint density at radius 2 is 1.89 bits per heavy atom. The van der Waals surface area contributed by atoms with E-state index >= 15 is 0 Å². The van der Waals surface area contributed by atoms with Gasteiger partial charge in [-0.1, -0.05) is 13.3 Å². The highest BCUT2D eigenvalue weighted by atomic mass is 32.2. The fraction of sp³-hybridized carbons (Fsp3) is 1.00. The molecule has 0 aromatic heterocycles. The van der Waals surface area contributed by atoms with Crippen LogP contribution in [0.25, 0.3) is 0 Å². The lowest BCUT2D eigenvalue weighted by molar-refractivity contribution is 0.185. The SMILES string of the molecule is CCCN1CCC(NC2CCCC(SC)C2)CC1. The molecule has 1 N–H and O–H groups in total. The van der Waals surface area contributed by atoms with Crippen LogP contribution in [0.15, 0.2) is 0 Å². The number of hydrogen-bond donors (Lipinski definition) is 1. The van der Waals surface area contributed by atoms with Crippen LogP contribution in [-0.2, 0) is 0 Å². The Bertz CT molecular complexity index is 227. The van der Waals surface area contributed by atoms with E-state index in [4.69, 9.17) is 0 Å². The summed E-state index contributed by atoms with van der Waals surface area (Å²) in [6.07, 6.45) is 12.0. The highest BCUT2D eigenvalue weighted by molar-refractivity contribution is 7.99. The molecule has 0 amide bonds. The summed E-state index contributed by atoms with van der Waals surface area (Å²) >= 11 is 2.07. The van der Waals surface area contributed by atoms with E-state index in [-0.39, 0.29) is 0 Å². The van der Waals surface area contributed by atoms with Crippen molar-refractivity contribution in [3.05, 3.63) is 0 Å². The molecule has 0 radical (unpaired) electrons. The standard InChI is InChI=1S/C15H30N2S/c1-3-9-17-10-7-13(8-11-17)16-14-5-4-6-15(12-14)18-2/h13-16H,3-12H2,1-2H3. The maximum Gasteiger partial charge on any atom is 0.00940 e. The van der Waals surface area contributed by atoms with Crippen LogP contribution in [0.1, 0.15) is 51.9 Å². The topological polar surface area (TPSA) is 15.3 Å². The lowest BCUT2D eigenvalue weighted by Crippen LogP contribution is -2.47. The van der Waals surface area contributed by atoms with E-state index in [1.807, 2.05) is 0 Å². The largest absolute Gasteiger partial charge is 0.311 e. The van der Waals surface area contributed by atoms with Gasteiger partial charge in [-0.25, -0.2) is 0 Å². The molecule has 1 saturated heterocycles. The van der Waals surface area contributed by atoms with E-state index in [1.54, 1.807) is 0 Å². The molecule has 18 heavy (non-hydrogen) atoms. The normalized spacial score (nSPS) is 31.7. The van der Waals surface area contributed by atoms with E-state index in [0.717, 1.165) is 17.3 Å². The first kappa shape index (κ1) is 14.7. The summed E-state index contributed by atoms with van der Waals surface area (Å²) in [5, 5.41) is 4.86. The third-order valence-corrected chi connectivity index (χ3v) is 5.65. The summed E-state index contributed by atoms with van der Waals surface area (Å²) < 4.78 is 0. The van der Waals surface area contributed by atoms with Gasteiger partial charge in [-0.05, 0) is 64.4 Å². The molecule has 0 aromatic rings. The molecule has 2 nitrogen and oxygen atoms in total. The summed E-state index contributed by atoms with van der Waals surface area (Å²) in [6, 6.07) is 1.60. The predicted molar refractivity (Wildman–Crippen MR) is 82.4 cm³/mol. The van der Waals surface area contributed by atoms with Crippen molar-refractivity contribution >= 4 is 11.8 Å². The molecule has 0 spiro atoms. The van der Waals surface area contributed by atoms with Gasteiger partial charge in [-0.2, -0.15) is 11.8 Å². The van der Waals surface area contributed by atoms with Crippen molar-refractivity contribution in [2.24, 2.45) is 0 Å². The fourth-order valence-electron chi connectivity index (χ4n) is 3.48. The summed E-state index contributed by atoms with van der Waals surface area (Å²) in [5.41, 5.74) is 0. The quantitative estimate of drug-likeness (QED) is 0.826. The summed E-state index contributed by atoms with van der Waals surface area (Å²) in [5.74, 6) is 0. The zero-order chi connectivity index (χ0) is 12.8. The van der Waals surface area contributed by atoms with Gasteiger partial charge in [0.25, 0.3) is 0 Å². The second-order valence-corrected chi connectivity index (χ2v) is 7.14. The molecule has 1 saturated carbocycles. The Balaban J connectivity index is 1.67. The van der Waals surface area contributed by atoms with Crippen LogP contribution in [0.5, 0.6) is 0 Å². The van der Waals surface area contributed by atoms with Crippen LogP contribution in [0.3, 0.4) is 0 Å². The van der Waals surface area contributed by atoms with Crippen molar-refractivity contribution < 1.29 is 0 Å². The van der Waals surface area contributed by atoms with Crippen LogP contribution >= 0.6 is 11.8 Å². The van der Waals surface area contributed by atoms with E-state index < -0.39 is 0 Å². The molecule has 2 aliphatic rings. The predicted octanol–water partition coefficient (Wildman–Crippen LogP) is 3.12.